The molecule has 1 N–H and O–H groups in total. The number of rotatable bonds is 2. The van der Waals surface area contributed by atoms with Crippen molar-refractivity contribution in [1.82, 2.24) is 9.88 Å². The van der Waals surface area contributed by atoms with E-state index >= 15 is 0 Å². The average Bonchev–Trinajstić information content (AvgIpc) is 2.67. The highest BCUT2D eigenvalue weighted by atomic mass is 16.3. The fourth-order valence-corrected chi connectivity index (χ4v) is 2.04. The molecular formula is C14H10N2O3. The van der Waals surface area contributed by atoms with Crippen LogP contribution in [0, 0.1) is 0 Å². The first-order valence-electron chi connectivity index (χ1n) is 5.76. The summed E-state index contributed by atoms with van der Waals surface area (Å²) in [4.78, 5) is 29.3. The summed E-state index contributed by atoms with van der Waals surface area (Å²) in [6.07, 6.45) is 1.49. The number of hydrogen-bond acceptors (Lipinski definition) is 4. The van der Waals surface area contributed by atoms with Gasteiger partial charge in [-0.3, -0.25) is 19.5 Å². The Morgan fingerprint density at radius 3 is 2.47 bits per heavy atom. The first-order valence-corrected chi connectivity index (χ1v) is 5.76. The quantitative estimate of drug-likeness (QED) is 0.826. The molecule has 3 rings (SSSR count). The number of benzene rings is 1. The van der Waals surface area contributed by atoms with Crippen molar-refractivity contribution in [3.8, 4) is 5.75 Å². The van der Waals surface area contributed by atoms with E-state index in [0.717, 1.165) is 10.5 Å². The normalized spacial score (nSPS) is 13.8. The van der Waals surface area contributed by atoms with Crippen molar-refractivity contribution in [1.29, 1.82) is 0 Å². The van der Waals surface area contributed by atoms with Gasteiger partial charge in [-0.25, -0.2) is 0 Å². The molecule has 0 bridgehead atoms. The lowest BCUT2D eigenvalue weighted by Gasteiger charge is -2.13. The number of aromatic nitrogens is 1. The number of carbonyl (C=O) groups excluding carboxylic acids is 2. The molecule has 19 heavy (non-hydrogen) atoms. The Balaban J connectivity index is 1.90. The van der Waals surface area contributed by atoms with Crippen LogP contribution in [0.15, 0.2) is 42.6 Å². The zero-order chi connectivity index (χ0) is 13.4. The third-order valence-electron chi connectivity index (χ3n) is 3.01. The molecule has 5 nitrogen and oxygen atoms in total. The van der Waals surface area contributed by atoms with E-state index in [0.29, 0.717) is 5.56 Å². The van der Waals surface area contributed by atoms with E-state index in [1.807, 2.05) is 0 Å². The van der Waals surface area contributed by atoms with Gasteiger partial charge in [0.15, 0.2) is 0 Å². The van der Waals surface area contributed by atoms with E-state index in [4.69, 9.17) is 0 Å². The summed E-state index contributed by atoms with van der Waals surface area (Å²) in [7, 11) is 0. The van der Waals surface area contributed by atoms with Crippen molar-refractivity contribution in [2.45, 2.75) is 6.54 Å². The zero-order valence-electron chi connectivity index (χ0n) is 9.91. The molecule has 0 radical (unpaired) electrons. The molecule has 2 amide bonds. The maximum absolute atomic E-state index is 12.1. The van der Waals surface area contributed by atoms with Gasteiger partial charge in [0.2, 0.25) is 0 Å². The van der Waals surface area contributed by atoms with Gasteiger partial charge in [0.25, 0.3) is 11.8 Å². The first kappa shape index (κ1) is 11.4. The number of imide groups is 1. The Bertz CT molecular complexity index is 630. The van der Waals surface area contributed by atoms with Crippen molar-refractivity contribution in [2.75, 3.05) is 0 Å². The van der Waals surface area contributed by atoms with Gasteiger partial charge in [-0.05, 0) is 29.8 Å². The second-order valence-electron chi connectivity index (χ2n) is 4.26. The standard InChI is InChI=1S/C14H10N2O3/c17-10-5-3-9(4-6-10)8-16-13(18)11-2-1-7-15-12(11)14(16)19/h1-7,17H,8H2. The molecule has 2 heterocycles. The van der Waals surface area contributed by atoms with Crippen LogP contribution in [-0.4, -0.2) is 26.8 Å². The van der Waals surface area contributed by atoms with Gasteiger partial charge < -0.3 is 5.11 Å². The van der Waals surface area contributed by atoms with Gasteiger partial charge in [0.05, 0.1) is 12.1 Å². The van der Waals surface area contributed by atoms with Crippen molar-refractivity contribution in [3.63, 3.8) is 0 Å². The maximum atomic E-state index is 12.1. The predicted molar refractivity (Wildman–Crippen MR) is 66.5 cm³/mol. The minimum atomic E-state index is -0.381. The second-order valence-corrected chi connectivity index (χ2v) is 4.26. The summed E-state index contributed by atoms with van der Waals surface area (Å²) in [6.45, 7) is 0.175. The Morgan fingerprint density at radius 1 is 1.05 bits per heavy atom. The largest absolute Gasteiger partial charge is 0.508 e. The SMILES string of the molecule is O=C1c2cccnc2C(=O)N1Cc1ccc(O)cc1. The monoisotopic (exact) mass is 254 g/mol. The van der Waals surface area contributed by atoms with Crippen LogP contribution in [0.1, 0.15) is 26.4 Å². The molecule has 1 aromatic carbocycles. The molecule has 0 saturated carbocycles. The summed E-state index contributed by atoms with van der Waals surface area (Å²) < 4.78 is 0. The summed E-state index contributed by atoms with van der Waals surface area (Å²) in [5.74, 6) is -0.567. The Labute approximate surface area is 109 Å². The van der Waals surface area contributed by atoms with Gasteiger partial charge in [0, 0.05) is 6.20 Å². The molecule has 2 aromatic rings. The van der Waals surface area contributed by atoms with Crippen LogP contribution >= 0.6 is 0 Å². The molecule has 0 aliphatic carbocycles. The maximum Gasteiger partial charge on any atom is 0.280 e. The van der Waals surface area contributed by atoms with Gasteiger partial charge in [0.1, 0.15) is 11.4 Å². The lowest BCUT2D eigenvalue weighted by atomic mass is 10.2. The van der Waals surface area contributed by atoms with Gasteiger partial charge >= 0.3 is 0 Å². The lowest BCUT2D eigenvalue weighted by molar-refractivity contribution is 0.0640. The molecule has 1 aliphatic heterocycles. The third-order valence-corrected chi connectivity index (χ3v) is 3.01. The number of phenolic OH excluding ortho intramolecular Hbond substituents is 1. The predicted octanol–water partition coefficient (Wildman–Crippen LogP) is 1.58. The van der Waals surface area contributed by atoms with Gasteiger partial charge in [-0.15, -0.1) is 0 Å². The first-order chi connectivity index (χ1) is 9.16. The van der Waals surface area contributed by atoms with Crippen molar-refractivity contribution in [3.05, 3.63) is 59.4 Å². The highest BCUT2D eigenvalue weighted by Gasteiger charge is 2.36. The van der Waals surface area contributed by atoms with E-state index in [2.05, 4.69) is 4.98 Å². The number of phenols is 1. The fourth-order valence-electron chi connectivity index (χ4n) is 2.04. The summed E-state index contributed by atoms with van der Waals surface area (Å²) >= 11 is 0. The molecule has 1 aliphatic rings. The van der Waals surface area contributed by atoms with E-state index in [1.165, 1.54) is 18.3 Å². The van der Waals surface area contributed by atoms with Crippen LogP contribution in [0.4, 0.5) is 0 Å². The topological polar surface area (TPSA) is 70.5 Å². The zero-order valence-corrected chi connectivity index (χ0v) is 9.91. The third kappa shape index (κ3) is 1.85. The summed E-state index contributed by atoms with van der Waals surface area (Å²) in [5.41, 5.74) is 1.31. The molecule has 1 aromatic heterocycles. The molecule has 0 spiro atoms. The van der Waals surface area contributed by atoms with Crippen LogP contribution in [0.2, 0.25) is 0 Å². The minimum absolute atomic E-state index is 0.146. The van der Waals surface area contributed by atoms with E-state index in [1.54, 1.807) is 24.3 Å². The van der Waals surface area contributed by atoms with E-state index < -0.39 is 0 Å². The van der Waals surface area contributed by atoms with Crippen molar-refractivity contribution < 1.29 is 14.7 Å². The smallest absolute Gasteiger partial charge is 0.280 e. The number of aromatic hydroxyl groups is 1. The highest BCUT2D eigenvalue weighted by Crippen LogP contribution is 2.22. The number of pyridine rings is 1. The van der Waals surface area contributed by atoms with Crippen molar-refractivity contribution >= 4 is 11.8 Å². The van der Waals surface area contributed by atoms with Crippen molar-refractivity contribution in [2.24, 2.45) is 0 Å². The molecule has 0 saturated heterocycles. The number of amides is 2. The minimum Gasteiger partial charge on any atom is -0.508 e. The Kier molecular flexibility index (Phi) is 2.52. The lowest BCUT2D eigenvalue weighted by Crippen LogP contribution is -2.29. The Hall–Kier alpha value is -2.69. The number of hydrogen-bond donors (Lipinski definition) is 1. The van der Waals surface area contributed by atoms with Crippen LogP contribution < -0.4 is 0 Å². The molecule has 0 fully saturated rings. The van der Waals surface area contributed by atoms with E-state index in [-0.39, 0.29) is 29.8 Å². The van der Waals surface area contributed by atoms with E-state index in [9.17, 15) is 14.7 Å². The molecule has 5 heteroatoms. The Morgan fingerprint density at radius 2 is 1.79 bits per heavy atom. The fraction of sp³-hybridized carbons (Fsp3) is 0.0714. The molecule has 0 unspecified atom stereocenters. The number of carbonyl (C=O) groups is 2. The van der Waals surface area contributed by atoms with Crippen LogP contribution in [0.5, 0.6) is 5.75 Å². The van der Waals surface area contributed by atoms with Gasteiger partial charge in [-0.2, -0.15) is 0 Å². The second kappa shape index (κ2) is 4.20. The van der Waals surface area contributed by atoms with Crippen LogP contribution in [-0.2, 0) is 6.54 Å². The highest BCUT2D eigenvalue weighted by molar-refractivity contribution is 6.20. The van der Waals surface area contributed by atoms with Crippen LogP contribution in [0.3, 0.4) is 0 Å². The molecule has 94 valence electrons. The summed E-state index contributed by atoms with van der Waals surface area (Å²) in [6, 6.07) is 9.61. The number of nitrogens with zero attached hydrogens (tertiary/aromatic N) is 2. The average molecular weight is 254 g/mol. The number of fused-ring (bicyclic) bond motifs is 1. The van der Waals surface area contributed by atoms with Crippen LogP contribution in [0.25, 0.3) is 0 Å². The molecular weight excluding hydrogens is 244 g/mol. The molecule has 0 atom stereocenters. The van der Waals surface area contributed by atoms with Gasteiger partial charge in [-0.1, -0.05) is 12.1 Å². The summed E-state index contributed by atoms with van der Waals surface area (Å²) in [5, 5.41) is 9.21.